The summed E-state index contributed by atoms with van der Waals surface area (Å²) in [6, 6.07) is 21.5. The summed E-state index contributed by atoms with van der Waals surface area (Å²) in [5, 5.41) is 3.56. The summed E-state index contributed by atoms with van der Waals surface area (Å²) in [6.45, 7) is 2.12. The van der Waals surface area contributed by atoms with Gasteiger partial charge in [-0.2, -0.15) is 0 Å². The van der Waals surface area contributed by atoms with Crippen molar-refractivity contribution in [1.82, 2.24) is 5.32 Å². The largest absolute Gasteiger partial charge is 0.312 e. The van der Waals surface area contributed by atoms with Crippen molar-refractivity contribution >= 4 is 0 Å². The maximum atomic E-state index is 3.56. The van der Waals surface area contributed by atoms with Crippen molar-refractivity contribution < 1.29 is 0 Å². The lowest BCUT2D eigenvalue weighted by molar-refractivity contribution is 0.627. The molecule has 0 saturated heterocycles. The van der Waals surface area contributed by atoms with Gasteiger partial charge in [-0.3, -0.25) is 0 Å². The first kappa shape index (κ1) is 11.5. The fraction of sp³-hybridized carbons (Fsp3) is 0.294. The van der Waals surface area contributed by atoms with Crippen LogP contribution in [0.2, 0.25) is 0 Å². The van der Waals surface area contributed by atoms with Crippen molar-refractivity contribution in [3.63, 3.8) is 0 Å². The molecule has 0 aromatic heterocycles. The fourth-order valence-electron chi connectivity index (χ4n) is 2.58. The maximum absolute atomic E-state index is 3.56. The van der Waals surface area contributed by atoms with Crippen LogP contribution in [0, 0.1) is 5.92 Å². The molecule has 0 aliphatic heterocycles. The Morgan fingerprint density at radius 3 is 2.28 bits per heavy atom. The predicted molar refractivity (Wildman–Crippen MR) is 75.4 cm³/mol. The lowest BCUT2D eigenvalue weighted by Crippen LogP contribution is -2.16. The summed E-state index contributed by atoms with van der Waals surface area (Å²) in [5.41, 5.74) is 2.87. The van der Waals surface area contributed by atoms with Gasteiger partial charge in [0.15, 0.2) is 0 Å². The zero-order valence-corrected chi connectivity index (χ0v) is 10.5. The van der Waals surface area contributed by atoms with Crippen LogP contribution in [-0.4, -0.2) is 6.54 Å². The Morgan fingerprint density at radius 2 is 1.56 bits per heavy atom. The monoisotopic (exact) mass is 237 g/mol. The van der Waals surface area contributed by atoms with Gasteiger partial charge in [0, 0.05) is 6.54 Å². The van der Waals surface area contributed by atoms with E-state index in [4.69, 9.17) is 0 Å². The molecule has 1 saturated carbocycles. The van der Waals surface area contributed by atoms with E-state index in [2.05, 4.69) is 66.0 Å². The van der Waals surface area contributed by atoms with Crippen molar-refractivity contribution in [3.8, 4) is 0 Å². The third kappa shape index (κ3) is 2.80. The molecule has 18 heavy (non-hydrogen) atoms. The van der Waals surface area contributed by atoms with Crippen LogP contribution in [0.25, 0.3) is 0 Å². The first-order chi connectivity index (χ1) is 8.93. The van der Waals surface area contributed by atoms with E-state index in [1.165, 1.54) is 17.5 Å². The number of hydrogen-bond acceptors (Lipinski definition) is 1. The maximum Gasteiger partial charge on any atom is 0.0205 e. The zero-order valence-electron chi connectivity index (χ0n) is 10.5. The summed E-state index contributed by atoms with van der Waals surface area (Å²) in [7, 11) is 0. The second kappa shape index (κ2) is 5.36. The summed E-state index contributed by atoms with van der Waals surface area (Å²) in [4.78, 5) is 0. The minimum atomic E-state index is 0.787. The average molecular weight is 237 g/mol. The standard InChI is InChI=1S/C17H19N/c1-3-7-14(8-4-1)12-18-13-16-11-17(16)15-9-5-2-6-10-15/h1-10,16-18H,11-13H2. The molecule has 1 fully saturated rings. The van der Waals surface area contributed by atoms with E-state index in [1.54, 1.807) is 0 Å². The van der Waals surface area contributed by atoms with Crippen molar-refractivity contribution in [1.29, 1.82) is 0 Å². The molecule has 92 valence electrons. The molecule has 2 aromatic carbocycles. The summed E-state index contributed by atoms with van der Waals surface area (Å²) >= 11 is 0. The molecule has 1 heteroatoms. The molecule has 1 nitrogen and oxygen atoms in total. The predicted octanol–water partition coefficient (Wildman–Crippen LogP) is 3.58. The van der Waals surface area contributed by atoms with Crippen LogP contribution in [-0.2, 0) is 6.54 Å². The van der Waals surface area contributed by atoms with E-state index < -0.39 is 0 Å². The zero-order chi connectivity index (χ0) is 12.2. The molecule has 0 radical (unpaired) electrons. The third-order valence-corrected chi connectivity index (χ3v) is 3.73. The Balaban J connectivity index is 1.44. The summed E-state index contributed by atoms with van der Waals surface area (Å²) in [6.07, 6.45) is 1.34. The van der Waals surface area contributed by atoms with Gasteiger partial charge >= 0.3 is 0 Å². The Bertz CT molecular complexity index is 477. The second-order valence-corrected chi connectivity index (χ2v) is 5.13. The lowest BCUT2D eigenvalue weighted by atomic mass is 10.1. The van der Waals surface area contributed by atoms with E-state index in [0.717, 1.165) is 24.9 Å². The fourth-order valence-corrected chi connectivity index (χ4v) is 2.58. The van der Waals surface area contributed by atoms with Gasteiger partial charge in [-0.15, -0.1) is 0 Å². The smallest absolute Gasteiger partial charge is 0.0205 e. The molecule has 3 rings (SSSR count). The molecular formula is C17H19N. The van der Waals surface area contributed by atoms with Gasteiger partial charge < -0.3 is 5.32 Å². The van der Waals surface area contributed by atoms with Crippen LogP contribution in [0.1, 0.15) is 23.5 Å². The topological polar surface area (TPSA) is 12.0 Å². The first-order valence-corrected chi connectivity index (χ1v) is 6.73. The Labute approximate surface area is 109 Å². The molecule has 2 atom stereocenters. The molecule has 0 bridgehead atoms. The van der Waals surface area contributed by atoms with Crippen LogP contribution in [0.3, 0.4) is 0 Å². The molecule has 1 aliphatic rings. The van der Waals surface area contributed by atoms with Crippen LogP contribution in [0.15, 0.2) is 60.7 Å². The normalized spacial score (nSPS) is 21.8. The average Bonchev–Trinajstić information content (AvgIpc) is 3.21. The van der Waals surface area contributed by atoms with E-state index in [9.17, 15) is 0 Å². The van der Waals surface area contributed by atoms with Crippen molar-refractivity contribution in [2.24, 2.45) is 5.92 Å². The highest BCUT2D eigenvalue weighted by Gasteiger charge is 2.37. The van der Waals surface area contributed by atoms with Gasteiger partial charge in [0.1, 0.15) is 0 Å². The minimum absolute atomic E-state index is 0.787. The number of benzene rings is 2. The first-order valence-electron chi connectivity index (χ1n) is 6.73. The van der Waals surface area contributed by atoms with Crippen molar-refractivity contribution in [3.05, 3.63) is 71.8 Å². The van der Waals surface area contributed by atoms with Crippen LogP contribution >= 0.6 is 0 Å². The van der Waals surface area contributed by atoms with Gasteiger partial charge in [0.25, 0.3) is 0 Å². The molecule has 0 spiro atoms. The SMILES string of the molecule is c1ccc(CNCC2CC2c2ccccc2)cc1. The summed E-state index contributed by atoms with van der Waals surface area (Å²) in [5.74, 6) is 1.62. The number of nitrogens with one attached hydrogen (secondary N) is 1. The molecule has 1 aliphatic carbocycles. The van der Waals surface area contributed by atoms with E-state index in [0.29, 0.717) is 0 Å². The minimum Gasteiger partial charge on any atom is -0.312 e. The molecular weight excluding hydrogens is 218 g/mol. The van der Waals surface area contributed by atoms with Gasteiger partial charge in [-0.1, -0.05) is 60.7 Å². The van der Waals surface area contributed by atoms with Crippen molar-refractivity contribution in [2.75, 3.05) is 6.54 Å². The molecule has 0 heterocycles. The molecule has 2 aromatic rings. The Hall–Kier alpha value is -1.60. The lowest BCUT2D eigenvalue weighted by Gasteiger charge is -2.04. The Morgan fingerprint density at radius 1 is 0.889 bits per heavy atom. The van der Waals surface area contributed by atoms with Gasteiger partial charge in [-0.05, 0) is 35.9 Å². The highest BCUT2D eigenvalue weighted by Crippen LogP contribution is 2.46. The third-order valence-electron chi connectivity index (χ3n) is 3.73. The molecule has 0 amide bonds. The van der Waals surface area contributed by atoms with Crippen LogP contribution in [0.4, 0.5) is 0 Å². The highest BCUT2D eigenvalue weighted by molar-refractivity contribution is 5.25. The quantitative estimate of drug-likeness (QED) is 0.838. The van der Waals surface area contributed by atoms with Gasteiger partial charge in [0.05, 0.1) is 0 Å². The summed E-state index contributed by atoms with van der Waals surface area (Å²) < 4.78 is 0. The van der Waals surface area contributed by atoms with E-state index in [1.807, 2.05) is 0 Å². The second-order valence-electron chi connectivity index (χ2n) is 5.13. The molecule has 2 unspecified atom stereocenters. The number of hydrogen-bond donors (Lipinski definition) is 1. The van der Waals surface area contributed by atoms with Crippen LogP contribution < -0.4 is 5.32 Å². The van der Waals surface area contributed by atoms with Gasteiger partial charge in [-0.25, -0.2) is 0 Å². The molecule has 1 N–H and O–H groups in total. The van der Waals surface area contributed by atoms with Crippen LogP contribution in [0.5, 0.6) is 0 Å². The van der Waals surface area contributed by atoms with Crippen molar-refractivity contribution in [2.45, 2.75) is 18.9 Å². The van der Waals surface area contributed by atoms with E-state index in [-0.39, 0.29) is 0 Å². The number of rotatable bonds is 5. The van der Waals surface area contributed by atoms with E-state index >= 15 is 0 Å². The highest BCUT2D eigenvalue weighted by atomic mass is 14.9. The van der Waals surface area contributed by atoms with Gasteiger partial charge in [0.2, 0.25) is 0 Å². The Kier molecular flexibility index (Phi) is 3.42.